The monoisotopic (exact) mass is 277 g/mol. The quantitative estimate of drug-likeness (QED) is 0.809. The van der Waals surface area contributed by atoms with Crippen LogP contribution in [-0.2, 0) is 4.74 Å². The van der Waals surface area contributed by atoms with Crippen LogP contribution in [-0.4, -0.2) is 35.1 Å². The van der Waals surface area contributed by atoms with Crippen LogP contribution in [0.2, 0.25) is 0 Å². The Balaban J connectivity index is 1.66. The number of aromatic nitrogens is 2. The molecule has 1 aliphatic heterocycles. The molecule has 0 aliphatic carbocycles. The zero-order valence-corrected chi connectivity index (χ0v) is 12.3. The molecule has 1 aromatic heterocycles. The lowest BCUT2D eigenvalue weighted by Gasteiger charge is -2.09. The van der Waals surface area contributed by atoms with E-state index in [1.807, 2.05) is 6.92 Å². The lowest BCUT2D eigenvalue weighted by molar-refractivity contribution is 0.0942. The first-order chi connectivity index (χ1) is 9.65. The summed E-state index contributed by atoms with van der Waals surface area (Å²) in [5, 5.41) is 2.91. The van der Waals surface area contributed by atoms with Gasteiger partial charge in [0.25, 0.3) is 5.91 Å². The predicted molar refractivity (Wildman–Crippen MR) is 76.7 cm³/mol. The first-order valence-corrected chi connectivity index (χ1v) is 7.37. The summed E-state index contributed by atoms with van der Waals surface area (Å²) in [4.78, 5) is 20.3. The molecule has 5 nitrogen and oxygen atoms in total. The minimum atomic E-state index is -0.115. The summed E-state index contributed by atoms with van der Waals surface area (Å²) >= 11 is 0. The van der Waals surface area contributed by atoms with Crippen molar-refractivity contribution in [2.45, 2.75) is 52.1 Å². The molecule has 2 heterocycles. The summed E-state index contributed by atoms with van der Waals surface area (Å²) in [7, 11) is 0. The van der Waals surface area contributed by atoms with Crippen molar-refractivity contribution in [2.24, 2.45) is 0 Å². The molecule has 1 N–H and O–H groups in total. The highest BCUT2D eigenvalue weighted by Crippen LogP contribution is 2.17. The van der Waals surface area contributed by atoms with Crippen LogP contribution in [0, 0.1) is 13.8 Å². The number of ether oxygens (including phenoxy) is 1. The highest BCUT2D eigenvalue weighted by atomic mass is 16.5. The normalized spacial score (nSPS) is 18.2. The second-order valence-corrected chi connectivity index (χ2v) is 5.33. The second kappa shape index (κ2) is 7.33. The average molecular weight is 277 g/mol. The number of aryl methyl sites for hydroxylation is 2. The van der Waals surface area contributed by atoms with Crippen LogP contribution in [0.4, 0.5) is 0 Å². The third-order valence-corrected chi connectivity index (χ3v) is 3.46. The van der Waals surface area contributed by atoms with E-state index in [-0.39, 0.29) is 5.91 Å². The van der Waals surface area contributed by atoms with Crippen LogP contribution in [0.15, 0.2) is 6.07 Å². The number of unbranched alkanes of at least 4 members (excludes halogenated alkanes) is 1. The van der Waals surface area contributed by atoms with E-state index in [2.05, 4.69) is 15.3 Å². The Bertz CT molecular complexity index is 436. The summed E-state index contributed by atoms with van der Waals surface area (Å²) < 4.78 is 5.57. The van der Waals surface area contributed by atoms with Crippen LogP contribution < -0.4 is 5.32 Å². The zero-order chi connectivity index (χ0) is 14.4. The fourth-order valence-electron chi connectivity index (χ4n) is 2.49. The maximum atomic E-state index is 11.9. The summed E-state index contributed by atoms with van der Waals surface area (Å²) in [6, 6.07) is 1.72. The molecule has 0 radical (unpaired) electrons. The Morgan fingerprint density at radius 3 is 2.95 bits per heavy atom. The topological polar surface area (TPSA) is 64.1 Å². The Morgan fingerprint density at radius 1 is 1.40 bits per heavy atom. The number of hydrogen-bond acceptors (Lipinski definition) is 4. The van der Waals surface area contributed by atoms with E-state index in [1.54, 1.807) is 13.0 Å². The molecule has 20 heavy (non-hydrogen) atoms. The van der Waals surface area contributed by atoms with Crippen molar-refractivity contribution in [3.63, 3.8) is 0 Å². The number of hydrogen-bond donors (Lipinski definition) is 1. The minimum absolute atomic E-state index is 0.115. The average Bonchev–Trinajstić information content (AvgIpc) is 2.90. The van der Waals surface area contributed by atoms with E-state index in [4.69, 9.17) is 4.74 Å². The van der Waals surface area contributed by atoms with Gasteiger partial charge in [-0.05, 0) is 52.0 Å². The summed E-state index contributed by atoms with van der Waals surface area (Å²) in [5.41, 5.74) is 1.27. The Kier molecular flexibility index (Phi) is 5.47. The highest BCUT2D eigenvalue weighted by molar-refractivity contribution is 5.92. The maximum absolute atomic E-state index is 11.9. The van der Waals surface area contributed by atoms with Crippen LogP contribution in [0.3, 0.4) is 0 Å². The Hall–Kier alpha value is -1.49. The van der Waals surface area contributed by atoms with E-state index in [9.17, 15) is 4.79 Å². The first-order valence-electron chi connectivity index (χ1n) is 7.37. The van der Waals surface area contributed by atoms with Gasteiger partial charge in [0.05, 0.1) is 6.10 Å². The highest BCUT2D eigenvalue weighted by Gasteiger charge is 2.14. The fourth-order valence-corrected chi connectivity index (χ4v) is 2.49. The standard InChI is InChI=1S/C15H23N3O2/c1-11-10-14(18-12(2)17-11)15(19)16-8-4-3-6-13-7-5-9-20-13/h10,13H,3-9H2,1-2H3,(H,16,19). The second-order valence-electron chi connectivity index (χ2n) is 5.33. The van der Waals surface area contributed by atoms with Crippen molar-refractivity contribution in [1.82, 2.24) is 15.3 Å². The molecule has 5 heteroatoms. The zero-order valence-electron chi connectivity index (χ0n) is 12.3. The smallest absolute Gasteiger partial charge is 0.270 e. The van der Waals surface area contributed by atoms with Crippen LogP contribution >= 0.6 is 0 Å². The fraction of sp³-hybridized carbons (Fsp3) is 0.667. The number of carbonyl (C=O) groups is 1. The van der Waals surface area contributed by atoms with Gasteiger partial charge in [0.1, 0.15) is 11.5 Å². The number of nitrogens with one attached hydrogen (secondary N) is 1. The summed E-state index contributed by atoms with van der Waals surface area (Å²) in [6.45, 7) is 5.26. The Labute approximate surface area is 120 Å². The summed E-state index contributed by atoms with van der Waals surface area (Å²) in [5.74, 6) is 0.518. The number of rotatable bonds is 6. The van der Waals surface area contributed by atoms with Gasteiger partial charge in [-0.25, -0.2) is 9.97 Å². The predicted octanol–water partition coefficient (Wildman–Crippen LogP) is 2.17. The summed E-state index contributed by atoms with van der Waals surface area (Å²) in [6.07, 6.45) is 5.99. The van der Waals surface area contributed by atoms with Gasteiger partial charge in [0, 0.05) is 18.8 Å². The van der Waals surface area contributed by atoms with Crippen molar-refractivity contribution in [3.05, 3.63) is 23.3 Å². The minimum Gasteiger partial charge on any atom is -0.378 e. The van der Waals surface area contributed by atoms with Gasteiger partial charge in [0.2, 0.25) is 0 Å². The number of amides is 1. The third kappa shape index (κ3) is 4.56. The van der Waals surface area contributed by atoms with Gasteiger partial charge in [-0.2, -0.15) is 0 Å². The molecule has 1 amide bonds. The van der Waals surface area contributed by atoms with Gasteiger partial charge in [-0.3, -0.25) is 4.79 Å². The maximum Gasteiger partial charge on any atom is 0.270 e. The van der Waals surface area contributed by atoms with Gasteiger partial charge in [0.15, 0.2) is 0 Å². The molecule has 1 unspecified atom stereocenters. The first kappa shape index (κ1) is 14.9. The molecule has 110 valence electrons. The van der Waals surface area contributed by atoms with Crippen molar-refractivity contribution in [1.29, 1.82) is 0 Å². The molecule has 0 bridgehead atoms. The molecular weight excluding hydrogens is 254 g/mol. The van der Waals surface area contributed by atoms with E-state index in [1.165, 1.54) is 12.8 Å². The van der Waals surface area contributed by atoms with Crippen molar-refractivity contribution in [2.75, 3.05) is 13.2 Å². The van der Waals surface area contributed by atoms with E-state index < -0.39 is 0 Å². The van der Waals surface area contributed by atoms with Crippen LogP contribution in [0.25, 0.3) is 0 Å². The molecule has 1 atom stereocenters. The van der Waals surface area contributed by atoms with E-state index >= 15 is 0 Å². The molecule has 0 aromatic carbocycles. The van der Waals surface area contributed by atoms with Crippen LogP contribution in [0.1, 0.15) is 54.1 Å². The molecule has 1 aromatic rings. The number of carbonyl (C=O) groups excluding carboxylic acids is 1. The lowest BCUT2D eigenvalue weighted by Crippen LogP contribution is -2.26. The third-order valence-electron chi connectivity index (χ3n) is 3.46. The molecule has 0 saturated carbocycles. The van der Waals surface area contributed by atoms with Gasteiger partial charge >= 0.3 is 0 Å². The number of nitrogens with zero attached hydrogens (tertiary/aromatic N) is 2. The molecule has 1 saturated heterocycles. The van der Waals surface area contributed by atoms with Crippen molar-refractivity contribution < 1.29 is 9.53 Å². The van der Waals surface area contributed by atoms with Crippen molar-refractivity contribution in [3.8, 4) is 0 Å². The van der Waals surface area contributed by atoms with Gasteiger partial charge < -0.3 is 10.1 Å². The SMILES string of the molecule is Cc1cc(C(=O)NCCCCC2CCCO2)nc(C)n1. The van der Waals surface area contributed by atoms with Crippen molar-refractivity contribution >= 4 is 5.91 Å². The Morgan fingerprint density at radius 2 is 2.25 bits per heavy atom. The van der Waals surface area contributed by atoms with E-state index in [0.717, 1.165) is 31.6 Å². The largest absolute Gasteiger partial charge is 0.378 e. The van der Waals surface area contributed by atoms with E-state index in [0.29, 0.717) is 24.2 Å². The van der Waals surface area contributed by atoms with Gasteiger partial charge in [-0.15, -0.1) is 0 Å². The lowest BCUT2D eigenvalue weighted by atomic mass is 10.1. The van der Waals surface area contributed by atoms with Crippen LogP contribution in [0.5, 0.6) is 0 Å². The molecule has 0 spiro atoms. The van der Waals surface area contributed by atoms with Gasteiger partial charge in [-0.1, -0.05) is 0 Å². The molecule has 1 fully saturated rings. The molecule has 1 aliphatic rings. The molecular formula is C15H23N3O2. The molecule has 2 rings (SSSR count).